The molecule has 134 valence electrons. The van der Waals surface area contributed by atoms with Crippen LogP contribution in [-0.4, -0.2) is 38.1 Å². The Bertz CT molecular complexity index is 876. The monoisotopic (exact) mass is 354 g/mol. The molecule has 0 aromatic heterocycles. The minimum atomic E-state index is -0.586. The Morgan fingerprint density at radius 1 is 1.23 bits per heavy atom. The van der Waals surface area contributed by atoms with Gasteiger partial charge < -0.3 is 14.4 Å². The highest BCUT2D eigenvalue weighted by Crippen LogP contribution is 2.36. The summed E-state index contributed by atoms with van der Waals surface area (Å²) in [6.45, 7) is 1.06. The van der Waals surface area contributed by atoms with Crippen molar-refractivity contribution in [2.75, 3.05) is 27.3 Å². The summed E-state index contributed by atoms with van der Waals surface area (Å²) in [6.07, 6.45) is 0.774. The Morgan fingerprint density at radius 2 is 2.04 bits per heavy atom. The van der Waals surface area contributed by atoms with Gasteiger partial charge in [0.05, 0.1) is 25.9 Å². The van der Waals surface area contributed by atoms with Crippen molar-refractivity contribution in [2.24, 2.45) is 0 Å². The number of benzene rings is 2. The summed E-state index contributed by atoms with van der Waals surface area (Å²) in [5, 5.41) is 8.96. The molecule has 1 amide bonds. The molecule has 0 aliphatic carbocycles. The molecule has 6 heteroatoms. The van der Waals surface area contributed by atoms with E-state index < -0.39 is 5.82 Å². The van der Waals surface area contributed by atoms with E-state index in [1.165, 1.54) is 12.1 Å². The number of amides is 1. The third kappa shape index (κ3) is 3.47. The van der Waals surface area contributed by atoms with Gasteiger partial charge in [0.1, 0.15) is 17.3 Å². The smallest absolute Gasteiger partial charge is 0.254 e. The lowest BCUT2D eigenvalue weighted by atomic mass is 9.97. The largest absolute Gasteiger partial charge is 0.497 e. The van der Waals surface area contributed by atoms with Gasteiger partial charge in [-0.3, -0.25) is 4.79 Å². The fraction of sp³-hybridized carbons (Fsp3) is 0.300. The zero-order valence-corrected chi connectivity index (χ0v) is 14.7. The van der Waals surface area contributed by atoms with Crippen LogP contribution in [0.1, 0.15) is 33.8 Å². The number of hydrogen-bond donors (Lipinski definition) is 0. The minimum Gasteiger partial charge on any atom is -0.497 e. The van der Waals surface area contributed by atoms with Crippen LogP contribution in [0.3, 0.4) is 0 Å². The molecular formula is C20H19FN2O3. The number of methoxy groups -OCH3 is 2. The average Bonchev–Trinajstić information content (AvgIpc) is 3.16. The van der Waals surface area contributed by atoms with Crippen LogP contribution in [0.4, 0.5) is 4.39 Å². The third-order valence-electron chi connectivity index (χ3n) is 4.63. The zero-order chi connectivity index (χ0) is 18.7. The van der Waals surface area contributed by atoms with E-state index in [4.69, 9.17) is 14.7 Å². The Hall–Kier alpha value is -3.07. The van der Waals surface area contributed by atoms with Crippen molar-refractivity contribution < 1.29 is 18.7 Å². The van der Waals surface area contributed by atoms with E-state index in [0.717, 1.165) is 29.5 Å². The van der Waals surface area contributed by atoms with Gasteiger partial charge in [-0.1, -0.05) is 0 Å². The predicted molar refractivity (Wildman–Crippen MR) is 93.9 cm³/mol. The molecule has 0 saturated carbocycles. The van der Waals surface area contributed by atoms with Gasteiger partial charge in [-0.25, -0.2) is 4.39 Å². The molecule has 1 aliphatic heterocycles. The molecule has 1 heterocycles. The summed E-state index contributed by atoms with van der Waals surface area (Å²) in [4.78, 5) is 14.4. The maximum absolute atomic E-state index is 13.6. The van der Waals surface area contributed by atoms with Crippen molar-refractivity contribution in [3.05, 3.63) is 58.9 Å². The average molecular weight is 354 g/mol. The molecule has 0 radical (unpaired) electrons. The fourth-order valence-electron chi connectivity index (χ4n) is 3.32. The molecule has 3 rings (SSSR count). The third-order valence-corrected chi connectivity index (χ3v) is 4.63. The highest BCUT2D eigenvalue weighted by molar-refractivity contribution is 5.94. The lowest BCUT2D eigenvalue weighted by Gasteiger charge is -2.18. The van der Waals surface area contributed by atoms with Crippen LogP contribution in [-0.2, 0) is 0 Å². The summed E-state index contributed by atoms with van der Waals surface area (Å²) < 4.78 is 24.4. The van der Waals surface area contributed by atoms with Crippen LogP contribution in [0, 0.1) is 17.1 Å². The summed E-state index contributed by atoms with van der Waals surface area (Å²) >= 11 is 0. The molecule has 0 N–H and O–H groups in total. The number of ether oxygens (including phenoxy) is 2. The van der Waals surface area contributed by atoms with Gasteiger partial charge >= 0.3 is 0 Å². The molecule has 0 bridgehead atoms. The van der Waals surface area contributed by atoms with E-state index in [-0.39, 0.29) is 23.0 Å². The van der Waals surface area contributed by atoms with E-state index >= 15 is 0 Å². The SMILES string of the molecule is COc1ccc(OC)c([C@@H]2CCN(C(=O)c3cc(F)cc(C#N)c3)C2)c1. The number of likely N-dealkylation sites (tertiary alicyclic amines) is 1. The van der Waals surface area contributed by atoms with Crippen molar-refractivity contribution in [2.45, 2.75) is 12.3 Å². The first kappa shape index (κ1) is 17.7. The molecule has 1 atom stereocenters. The van der Waals surface area contributed by atoms with Gasteiger partial charge in [-0.05, 0) is 42.8 Å². The quantitative estimate of drug-likeness (QED) is 0.845. The molecule has 1 fully saturated rings. The minimum absolute atomic E-state index is 0.105. The van der Waals surface area contributed by atoms with Gasteiger partial charge in [0.15, 0.2) is 0 Å². The first-order valence-corrected chi connectivity index (χ1v) is 8.27. The maximum atomic E-state index is 13.6. The van der Waals surface area contributed by atoms with Crippen LogP contribution in [0.25, 0.3) is 0 Å². The second kappa shape index (κ2) is 7.44. The Kier molecular flexibility index (Phi) is 5.08. The van der Waals surface area contributed by atoms with Crippen molar-refractivity contribution >= 4 is 5.91 Å². The number of nitriles is 1. The van der Waals surface area contributed by atoms with E-state index in [9.17, 15) is 9.18 Å². The van der Waals surface area contributed by atoms with Gasteiger partial charge in [0.2, 0.25) is 0 Å². The van der Waals surface area contributed by atoms with Crippen molar-refractivity contribution in [1.29, 1.82) is 5.26 Å². The molecule has 0 spiro atoms. The van der Waals surface area contributed by atoms with Crippen molar-refractivity contribution in [3.8, 4) is 17.6 Å². The summed E-state index contributed by atoms with van der Waals surface area (Å²) in [5.74, 6) is 0.730. The molecule has 1 aliphatic rings. The van der Waals surface area contributed by atoms with Crippen LogP contribution >= 0.6 is 0 Å². The number of rotatable bonds is 4. The van der Waals surface area contributed by atoms with Crippen molar-refractivity contribution in [1.82, 2.24) is 4.90 Å². The van der Waals surface area contributed by atoms with Crippen molar-refractivity contribution in [3.63, 3.8) is 0 Å². The summed E-state index contributed by atoms with van der Waals surface area (Å²) in [6, 6.07) is 11.2. The number of carbonyl (C=O) groups excluding carboxylic acids is 1. The first-order chi connectivity index (χ1) is 12.5. The van der Waals surface area contributed by atoms with Crippen LogP contribution in [0.2, 0.25) is 0 Å². The standard InChI is InChI=1S/C20H19FN2O3/c1-25-17-3-4-19(26-2)18(10-17)14-5-6-23(12-14)20(24)15-7-13(11-22)8-16(21)9-15/h3-4,7-10,14H,5-6,12H2,1-2H3/t14-/m1/s1. The van der Waals surface area contributed by atoms with E-state index in [1.807, 2.05) is 24.3 Å². The maximum Gasteiger partial charge on any atom is 0.254 e. The van der Waals surface area contributed by atoms with E-state index in [1.54, 1.807) is 19.1 Å². The number of hydrogen-bond acceptors (Lipinski definition) is 4. The number of nitrogens with zero attached hydrogens (tertiary/aromatic N) is 2. The Labute approximate surface area is 151 Å². The van der Waals surface area contributed by atoms with Crippen LogP contribution in [0.15, 0.2) is 36.4 Å². The molecule has 5 nitrogen and oxygen atoms in total. The lowest BCUT2D eigenvalue weighted by molar-refractivity contribution is 0.0790. The summed E-state index contributed by atoms with van der Waals surface area (Å²) in [7, 11) is 3.21. The van der Waals surface area contributed by atoms with Gasteiger partial charge in [-0.2, -0.15) is 5.26 Å². The first-order valence-electron chi connectivity index (χ1n) is 8.27. The lowest BCUT2D eigenvalue weighted by Crippen LogP contribution is -2.28. The highest BCUT2D eigenvalue weighted by atomic mass is 19.1. The number of halogens is 1. The van der Waals surface area contributed by atoms with E-state index in [0.29, 0.717) is 13.1 Å². The van der Waals surface area contributed by atoms with Crippen LogP contribution in [0.5, 0.6) is 11.5 Å². The summed E-state index contributed by atoms with van der Waals surface area (Å²) in [5.41, 5.74) is 1.32. The topological polar surface area (TPSA) is 62.6 Å². The Balaban J connectivity index is 1.82. The molecule has 2 aromatic carbocycles. The van der Waals surface area contributed by atoms with Gasteiger partial charge in [0.25, 0.3) is 5.91 Å². The molecule has 2 aromatic rings. The van der Waals surface area contributed by atoms with Gasteiger partial charge in [0, 0.05) is 30.1 Å². The Morgan fingerprint density at radius 3 is 2.73 bits per heavy atom. The number of carbonyl (C=O) groups is 1. The van der Waals surface area contributed by atoms with Gasteiger partial charge in [-0.15, -0.1) is 0 Å². The molecule has 26 heavy (non-hydrogen) atoms. The predicted octanol–water partition coefficient (Wildman–Crippen LogP) is 3.34. The fourth-order valence-corrected chi connectivity index (χ4v) is 3.32. The second-order valence-corrected chi connectivity index (χ2v) is 6.19. The van der Waals surface area contributed by atoms with E-state index in [2.05, 4.69) is 0 Å². The molecule has 0 unspecified atom stereocenters. The normalized spacial score (nSPS) is 16.2. The second-order valence-electron chi connectivity index (χ2n) is 6.19. The molecular weight excluding hydrogens is 335 g/mol. The van der Waals surface area contributed by atoms with Crippen LogP contribution < -0.4 is 9.47 Å². The molecule has 1 saturated heterocycles. The zero-order valence-electron chi connectivity index (χ0n) is 14.7. The highest BCUT2D eigenvalue weighted by Gasteiger charge is 2.30.